The smallest absolute Gasteiger partial charge is 0.416 e. The molecule has 4 rings (SSSR count). The maximum Gasteiger partial charge on any atom is 0.416 e. The van der Waals surface area contributed by atoms with Gasteiger partial charge in [-0.25, -0.2) is 4.79 Å². The van der Waals surface area contributed by atoms with Crippen LogP contribution < -0.4 is 9.64 Å². The lowest BCUT2D eigenvalue weighted by atomic mass is 9.72. The Morgan fingerprint density at radius 1 is 1.09 bits per heavy atom. The number of rotatable bonds is 6. The highest BCUT2D eigenvalue weighted by molar-refractivity contribution is 5.96. The molecule has 2 aliphatic rings. The third kappa shape index (κ3) is 7.60. The molecule has 0 aromatic heterocycles. The molecule has 1 aliphatic carbocycles. The Kier molecular flexibility index (Phi) is 9.81. The molecular formula is C33H37F6N5O3. The van der Waals surface area contributed by atoms with Gasteiger partial charge in [-0.3, -0.25) is 4.90 Å². The number of amides is 1. The van der Waals surface area contributed by atoms with Crippen molar-refractivity contribution in [3.05, 3.63) is 64.2 Å². The minimum Gasteiger partial charge on any atom is -0.496 e. The number of alkyl halides is 6. The summed E-state index contributed by atoms with van der Waals surface area (Å²) in [6.45, 7) is 5.76. The molecule has 0 unspecified atom stereocenters. The number of nitrogens with zero attached hydrogens (tertiary/aromatic N) is 5. The van der Waals surface area contributed by atoms with Crippen LogP contribution in [-0.2, 0) is 17.1 Å². The van der Waals surface area contributed by atoms with E-state index in [1.54, 1.807) is 43.9 Å². The molecular weight excluding hydrogens is 628 g/mol. The maximum absolute atomic E-state index is 13.6. The van der Waals surface area contributed by atoms with E-state index < -0.39 is 41.7 Å². The third-order valence-corrected chi connectivity index (χ3v) is 8.61. The van der Waals surface area contributed by atoms with Gasteiger partial charge in [0.05, 0.1) is 24.3 Å². The number of ether oxygens (including phenoxy) is 2. The molecule has 1 amide bonds. The van der Waals surface area contributed by atoms with E-state index >= 15 is 0 Å². The number of hydrogen-bond acceptors (Lipinski definition) is 5. The lowest BCUT2D eigenvalue weighted by Crippen LogP contribution is -2.38. The van der Waals surface area contributed by atoms with Crippen molar-refractivity contribution in [1.82, 2.24) is 9.80 Å². The monoisotopic (exact) mass is 665 g/mol. The SMILES string of the molecule is COc1ccc(N(C)/C(=N/C#N)N(C)C)cc1C1=C(CN2C(=O)O[C@H](c3cc(C(F)(F)F)cc(C(F)(F)F)c3)[C@@H]2C)CC(C)(C)CC1. The lowest BCUT2D eigenvalue weighted by molar-refractivity contribution is -0.143. The summed E-state index contributed by atoms with van der Waals surface area (Å²) in [5, 5.41) is 9.21. The Morgan fingerprint density at radius 3 is 2.23 bits per heavy atom. The number of cyclic esters (lactones) is 1. The van der Waals surface area contributed by atoms with Crippen molar-refractivity contribution >= 4 is 23.3 Å². The van der Waals surface area contributed by atoms with Crippen molar-refractivity contribution < 1.29 is 40.6 Å². The summed E-state index contributed by atoms with van der Waals surface area (Å²) in [5.41, 5.74) is -0.269. The Balaban J connectivity index is 1.77. The van der Waals surface area contributed by atoms with Crippen LogP contribution in [0.3, 0.4) is 0 Å². The molecule has 1 saturated heterocycles. The Morgan fingerprint density at radius 2 is 1.70 bits per heavy atom. The van der Waals surface area contributed by atoms with E-state index in [1.165, 1.54) is 12.0 Å². The number of carbonyl (C=O) groups is 1. The van der Waals surface area contributed by atoms with Crippen molar-refractivity contribution in [2.45, 2.75) is 64.5 Å². The van der Waals surface area contributed by atoms with Crippen LogP contribution in [0.25, 0.3) is 5.57 Å². The van der Waals surface area contributed by atoms with Gasteiger partial charge in [0, 0.05) is 38.9 Å². The molecule has 0 saturated carbocycles. The average Bonchev–Trinajstić information content (AvgIpc) is 3.26. The molecule has 8 nitrogen and oxygen atoms in total. The van der Waals surface area contributed by atoms with E-state index in [1.807, 2.05) is 18.3 Å². The highest BCUT2D eigenvalue weighted by Crippen LogP contribution is 2.47. The van der Waals surface area contributed by atoms with Gasteiger partial charge in [0.2, 0.25) is 12.2 Å². The molecule has 2 aromatic rings. The third-order valence-electron chi connectivity index (χ3n) is 8.61. The first kappa shape index (κ1) is 35.4. The van der Waals surface area contributed by atoms with E-state index in [0.29, 0.717) is 42.4 Å². The van der Waals surface area contributed by atoms with Gasteiger partial charge >= 0.3 is 18.4 Å². The predicted molar refractivity (Wildman–Crippen MR) is 165 cm³/mol. The largest absolute Gasteiger partial charge is 0.496 e. The number of guanidine groups is 1. The molecule has 0 radical (unpaired) electrons. The number of benzene rings is 2. The zero-order valence-electron chi connectivity index (χ0n) is 27.2. The summed E-state index contributed by atoms with van der Waals surface area (Å²) in [7, 11) is 6.81. The summed E-state index contributed by atoms with van der Waals surface area (Å²) in [4.78, 5) is 21.9. The van der Waals surface area contributed by atoms with Crippen LogP contribution >= 0.6 is 0 Å². The first-order valence-corrected chi connectivity index (χ1v) is 14.8. The summed E-state index contributed by atoms with van der Waals surface area (Å²) < 4.78 is 92.7. The predicted octanol–water partition coefficient (Wildman–Crippen LogP) is 8.11. The van der Waals surface area contributed by atoms with Crippen LogP contribution in [0, 0.1) is 16.9 Å². The number of methoxy groups -OCH3 is 1. The summed E-state index contributed by atoms with van der Waals surface area (Å²) in [5.74, 6) is 0.960. The van der Waals surface area contributed by atoms with E-state index in [-0.39, 0.29) is 23.6 Å². The number of allylic oxidation sites excluding steroid dienone is 1. The van der Waals surface area contributed by atoms with Crippen LogP contribution in [0.4, 0.5) is 36.8 Å². The molecule has 14 heteroatoms. The van der Waals surface area contributed by atoms with Crippen molar-refractivity contribution in [2.75, 3.05) is 39.7 Å². The highest BCUT2D eigenvalue weighted by atomic mass is 19.4. The van der Waals surface area contributed by atoms with E-state index in [4.69, 9.17) is 9.47 Å². The van der Waals surface area contributed by atoms with Crippen molar-refractivity contribution in [1.29, 1.82) is 5.26 Å². The van der Waals surface area contributed by atoms with Gasteiger partial charge in [-0.15, -0.1) is 4.99 Å². The molecule has 254 valence electrons. The lowest BCUT2D eigenvalue weighted by Gasteiger charge is -2.36. The van der Waals surface area contributed by atoms with Gasteiger partial charge in [-0.1, -0.05) is 13.8 Å². The van der Waals surface area contributed by atoms with Crippen molar-refractivity contribution in [2.24, 2.45) is 10.4 Å². The molecule has 1 fully saturated rings. The molecule has 1 aliphatic heterocycles. The van der Waals surface area contributed by atoms with E-state index in [2.05, 4.69) is 18.8 Å². The van der Waals surface area contributed by atoms with Gasteiger partial charge in [0.25, 0.3) is 0 Å². The Labute approximate surface area is 269 Å². The van der Waals surface area contributed by atoms with Crippen LogP contribution in [-0.4, -0.2) is 62.7 Å². The topological polar surface area (TPSA) is 81.4 Å². The summed E-state index contributed by atoms with van der Waals surface area (Å²) in [6.07, 6.45) is -8.48. The van der Waals surface area contributed by atoms with Crippen LogP contribution in [0.5, 0.6) is 5.75 Å². The fourth-order valence-electron chi connectivity index (χ4n) is 6.17. The second kappa shape index (κ2) is 13.0. The zero-order chi connectivity index (χ0) is 35.1. The molecule has 47 heavy (non-hydrogen) atoms. The number of hydrogen-bond donors (Lipinski definition) is 0. The first-order chi connectivity index (χ1) is 21.8. The normalized spacial score (nSPS) is 20.2. The van der Waals surface area contributed by atoms with Gasteiger partial charge in [0.1, 0.15) is 11.9 Å². The number of aliphatic imine (C=N–C) groups is 1. The minimum absolute atomic E-state index is 0.0441. The zero-order valence-corrected chi connectivity index (χ0v) is 27.2. The van der Waals surface area contributed by atoms with Gasteiger partial charge in [0.15, 0.2) is 0 Å². The molecule has 0 spiro atoms. The molecule has 2 atom stereocenters. The van der Waals surface area contributed by atoms with Gasteiger partial charge in [-0.05, 0) is 84.7 Å². The Bertz CT molecular complexity index is 1590. The molecule has 1 heterocycles. The van der Waals surface area contributed by atoms with Crippen LogP contribution in [0.1, 0.15) is 68.4 Å². The van der Waals surface area contributed by atoms with E-state index in [9.17, 15) is 36.4 Å². The van der Waals surface area contributed by atoms with E-state index in [0.717, 1.165) is 23.1 Å². The second-order valence-corrected chi connectivity index (χ2v) is 12.8. The first-order valence-electron chi connectivity index (χ1n) is 14.8. The standard InChI is InChI=1S/C33H37F6N5O3/c1-19-28(20-12-22(32(34,35)36)14-23(13-20)33(37,38)39)47-30(45)44(19)17-21-16-31(2,3)11-10-25(21)26-15-24(8-9-27(26)46-7)43(6)29(41-18-40)42(4)5/h8-9,12-15,19,28H,10-11,16-17H2,1-7H3/b41-29+/t19-,28-/m0/s1. The van der Waals surface area contributed by atoms with Gasteiger partial charge in [-0.2, -0.15) is 31.6 Å². The fraction of sp³-hybridized carbons (Fsp3) is 0.485. The van der Waals surface area contributed by atoms with Gasteiger partial charge < -0.3 is 19.3 Å². The molecule has 0 N–H and O–H groups in total. The number of anilines is 1. The maximum atomic E-state index is 13.6. The number of carbonyl (C=O) groups excluding carboxylic acids is 1. The van der Waals surface area contributed by atoms with Crippen molar-refractivity contribution in [3.8, 4) is 11.9 Å². The molecule has 0 bridgehead atoms. The average molecular weight is 666 g/mol. The minimum atomic E-state index is -5.04. The van der Waals surface area contributed by atoms with Crippen LogP contribution in [0.15, 0.2) is 47.0 Å². The van der Waals surface area contributed by atoms with Crippen molar-refractivity contribution in [3.63, 3.8) is 0 Å². The fourth-order valence-corrected chi connectivity index (χ4v) is 6.17. The summed E-state index contributed by atoms with van der Waals surface area (Å²) in [6, 6.07) is 5.89. The second-order valence-electron chi connectivity index (χ2n) is 12.8. The quantitative estimate of drug-likeness (QED) is 0.134. The highest BCUT2D eigenvalue weighted by Gasteiger charge is 2.44. The molecule has 2 aromatic carbocycles. The van der Waals surface area contributed by atoms with Crippen LogP contribution in [0.2, 0.25) is 0 Å². The number of nitriles is 1. The summed E-state index contributed by atoms with van der Waals surface area (Å²) >= 11 is 0. The number of halogens is 6. The Hall–Kier alpha value is -4.41.